The highest BCUT2D eigenvalue weighted by molar-refractivity contribution is 6.76. The molecule has 0 aromatic carbocycles. The Labute approximate surface area is 68.4 Å². The summed E-state index contributed by atoms with van der Waals surface area (Å²) < 4.78 is 0. The number of rotatable bonds is 5. The summed E-state index contributed by atoms with van der Waals surface area (Å²) in [5.74, 6) is 0. The van der Waals surface area contributed by atoms with Gasteiger partial charge in [-0.25, -0.2) is 0 Å². The van der Waals surface area contributed by atoms with Crippen LogP contribution in [0, 0.1) is 0 Å². The van der Waals surface area contributed by atoms with Crippen LogP contribution < -0.4 is 5.32 Å². The van der Waals surface area contributed by atoms with E-state index in [0.29, 0.717) is 0 Å². The Kier molecular flexibility index (Phi) is 6.37. The van der Waals surface area contributed by atoms with Crippen molar-refractivity contribution in [2.24, 2.45) is 0 Å². The Morgan fingerprint density at radius 2 is 1.90 bits per heavy atom. The van der Waals surface area contributed by atoms with Gasteiger partial charge in [-0.15, -0.1) is 0 Å². The molecule has 62 valence electrons. The van der Waals surface area contributed by atoms with Gasteiger partial charge in [0.2, 0.25) is 0 Å². The van der Waals surface area contributed by atoms with Crippen molar-refractivity contribution in [3.05, 3.63) is 0 Å². The lowest BCUT2D eigenvalue weighted by atomic mass is 11.0. The molecule has 10 heavy (non-hydrogen) atoms. The maximum absolute atomic E-state index is 3.31. The lowest BCUT2D eigenvalue weighted by Gasteiger charge is -2.13. The third kappa shape index (κ3) is 5.20. The Balaban J connectivity index is 3.39. The minimum atomic E-state index is -0.320. The van der Waals surface area contributed by atoms with Gasteiger partial charge in [-0.05, 0) is 13.2 Å². The molecule has 0 radical (unpaired) electrons. The molecule has 1 atom stereocenters. The summed E-state index contributed by atoms with van der Waals surface area (Å²) in [4.78, 5) is 0. The van der Waals surface area contributed by atoms with E-state index in [4.69, 9.17) is 0 Å². The van der Waals surface area contributed by atoms with Gasteiger partial charge in [0.05, 0.1) is 0 Å². The summed E-state index contributed by atoms with van der Waals surface area (Å²) in [7, 11) is 1.50. The van der Waals surface area contributed by atoms with Crippen LogP contribution in [0.2, 0.25) is 24.8 Å². The first-order valence-corrected chi connectivity index (χ1v) is 9.92. The van der Waals surface area contributed by atoms with Crippen molar-refractivity contribution in [3.8, 4) is 0 Å². The first kappa shape index (κ1) is 10.4. The maximum Gasteiger partial charge on any atom is 0.0496 e. The largest absolute Gasteiger partial charge is 0.323 e. The molecule has 0 aliphatic carbocycles. The van der Waals surface area contributed by atoms with Gasteiger partial charge in [-0.2, -0.15) is 0 Å². The zero-order valence-corrected chi connectivity index (χ0v) is 10.1. The van der Waals surface area contributed by atoms with E-state index in [2.05, 4.69) is 32.4 Å². The standard InChI is InChI=1S/C7H21NSi2/c1-5-10(6-8-2)7-9(3)4/h8-10H,5-7H2,1-4H3. The molecule has 0 fully saturated rings. The van der Waals surface area contributed by atoms with Crippen molar-refractivity contribution in [3.63, 3.8) is 0 Å². The van der Waals surface area contributed by atoms with Gasteiger partial charge >= 0.3 is 0 Å². The highest BCUT2D eigenvalue weighted by atomic mass is 28.3. The summed E-state index contributed by atoms with van der Waals surface area (Å²) >= 11 is 0. The summed E-state index contributed by atoms with van der Waals surface area (Å²) in [6.07, 6.45) is 1.35. The predicted octanol–water partition coefficient (Wildman–Crippen LogP) is 1.02. The van der Waals surface area contributed by atoms with Gasteiger partial charge in [-0.3, -0.25) is 0 Å². The molecule has 1 nitrogen and oxygen atoms in total. The smallest absolute Gasteiger partial charge is 0.0496 e. The van der Waals surface area contributed by atoms with Crippen molar-refractivity contribution in [1.29, 1.82) is 0 Å². The van der Waals surface area contributed by atoms with E-state index in [0.717, 1.165) is 0 Å². The molecule has 0 aromatic rings. The van der Waals surface area contributed by atoms with Crippen LogP contribution in [0.5, 0.6) is 0 Å². The normalized spacial score (nSPS) is 14.1. The van der Waals surface area contributed by atoms with Crippen LogP contribution in [-0.4, -0.2) is 30.8 Å². The Morgan fingerprint density at radius 1 is 1.30 bits per heavy atom. The Bertz CT molecular complexity index is 76.0. The summed E-state index contributed by atoms with van der Waals surface area (Å²) in [5.41, 5.74) is 1.64. The highest BCUT2D eigenvalue weighted by Crippen LogP contribution is 2.00. The fraction of sp³-hybridized carbons (Fsp3) is 1.00. The van der Waals surface area contributed by atoms with E-state index in [-0.39, 0.29) is 17.6 Å². The quantitative estimate of drug-likeness (QED) is 0.615. The van der Waals surface area contributed by atoms with Crippen molar-refractivity contribution >= 4 is 17.6 Å². The van der Waals surface area contributed by atoms with Gasteiger partial charge < -0.3 is 5.32 Å². The van der Waals surface area contributed by atoms with Crippen LogP contribution in [0.4, 0.5) is 0 Å². The van der Waals surface area contributed by atoms with Crippen molar-refractivity contribution in [1.82, 2.24) is 5.32 Å². The van der Waals surface area contributed by atoms with Gasteiger partial charge in [0.1, 0.15) is 0 Å². The maximum atomic E-state index is 3.31. The number of hydrogen-bond donors (Lipinski definition) is 1. The van der Waals surface area contributed by atoms with Gasteiger partial charge in [0, 0.05) is 17.6 Å². The average Bonchev–Trinajstić information content (AvgIpc) is 1.86. The van der Waals surface area contributed by atoms with Crippen LogP contribution in [-0.2, 0) is 0 Å². The number of nitrogens with one attached hydrogen (secondary N) is 1. The molecule has 0 aliphatic heterocycles. The Morgan fingerprint density at radius 3 is 2.20 bits per heavy atom. The second-order valence-electron chi connectivity index (χ2n) is 3.46. The van der Waals surface area contributed by atoms with E-state index < -0.39 is 0 Å². The lowest BCUT2D eigenvalue weighted by molar-refractivity contribution is 0.950. The second-order valence-corrected chi connectivity index (χ2v) is 11.1. The Hall–Kier alpha value is 0.394. The molecule has 0 aliphatic rings. The fourth-order valence-corrected chi connectivity index (χ4v) is 9.55. The fourth-order valence-electron chi connectivity index (χ4n) is 1.35. The zero-order valence-electron chi connectivity index (χ0n) is 7.78. The van der Waals surface area contributed by atoms with Crippen molar-refractivity contribution in [2.45, 2.75) is 31.7 Å². The van der Waals surface area contributed by atoms with E-state index in [1.165, 1.54) is 12.2 Å². The van der Waals surface area contributed by atoms with Gasteiger partial charge in [0.25, 0.3) is 0 Å². The minimum Gasteiger partial charge on any atom is -0.323 e. The molecular weight excluding hydrogens is 154 g/mol. The molecule has 0 rings (SSSR count). The SMILES string of the molecule is CC[SiH](CNC)C[SiH](C)C. The molecule has 1 unspecified atom stereocenters. The molecule has 0 saturated carbocycles. The second kappa shape index (κ2) is 6.13. The van der Waals surface area contributed by atoms with E-state index in [9.17, 15) is 0 Å². The van der Waals surface area contributed by atoms with E-state index in [1.54, 1.807) is 5.67 Å². The van der Waals surface area contributed by atoms with Crippen LogP contribution in [0.25, 0.3) is 0 Å². The van der Waals surface area contributed by atoms with Crippen molar-refractivity contribution < 1.29 is 0 Å². The first-order valence-electron chi connectivity index (χ1n) is 4.35. The van der Waals surface area contributed by atoms with E-state index in [1.807, 2.05) is 0 Å². The van der Waals surface area contributed by atoms with Gasteiger partial charge in [0.15, 0.2) is 0 Å². The molecule has 0 aromatic heterocycles. The third-order valence-electron chi connectivity index (χ3n) is 1.87. The van der Waals surface area contributed by atoms with Crippen LogP contribution in [0.3, 0.4) is 0 Å². The van der Waals surface area contributed by atoms with Crippen LogP contribution >= 0.6 is 0 Å². The van der Waals surface area contributed by atoms with Crippen molar-refractivity contribution in [2.75, 3.05) is 13.2 Å². The third-order valence-corrected chi connectivity index (χ3v) is 10.5. The minimum absolute atomic E-state index is 0.256. The molecule has 0 spiro atoms. The van der Waals surface area contributed by atoms with Crippen LogP contribution in [0.15, 0.2) is 0 Å². The molecule has 3 heteroatoms. The van der Waals surface area contributed by atoms with Gasteiger partial charge in [-0.1, -0.05) is 31.7 Å². The van der Waals surface area contributed by atoms with Crippen LogP contribution in [0.1, 0.15) is 6.92 Å². The number of hydrogen-bond acceptors (Lipinski definition) is 1. The summed E-state index contributed by atoms with van der Waals surface area (Å²) in [6, 6.07) is 1.48. The monoisotopic (exact) mass is 175 g/mol. The predicted molar refractivity (Wildman–Crippen MR) is 55.2 cm³/mol. The summed E-state index contributed by atoms with van der Waals surface area (Å²) in [5, 5.41) is 3.31. The highest BCUT2D eigenvalue weighted by Gasteiger charge is 2.08. The molecule has 1 N–H and O–H groups in total. The lowest BCUT2D eigenvalue weighted by Crippen LogP contribution is -2.30. The molecule has 0 heterocycles. The van der Waals surface area contributed by atoms with E-state index >= 15 is 0 Å². The molecule has 0 saturated heterocycles. The summed E-state index contributed by atoms with van der Waals surface area (Å²) in [6.45, 7) is 7.28. The average molecular weight is 175 g/mol. The zero-order chi connectivity index (χ0) is 7.98. The molecular formula is C7H21NSi2. The topological polar surface area (TPSA) is 12.0 Å². The molecule has 0 bridgehead atoms. The molecule has 0 amide bonds. The first-order chi connectivity index (χ1) is 4.70.